The van der Waals surface area contributed by atoms with Gasteiger partial charge < -0.3 is 20.2 Å². The van der Waals surface area contributed by atoms with Gasteiger partial charge in [-0.3, -0.25) is 4.79 Å². The number of hydrazone groups is 1. The van der Waals surface area contributed by atoms with Gasteiger partial charge in [0.05, 0.1) is 12.3 Å². The fraction of sp³-hybridized carbons (Fsp3) is 0.233. The number of aliphatic hydroxyl groups excluding tert-OH is 1. The summed E-state index contributed by atoms with van der Waals surface area (Å²) in [5.41, 5.74) is 10.4. The second-order valence-corrected chi connectivity index (χ2v) is 10.0. The molecule has 0 aliphatic carbocycles. The molecule has 0 fully saturated rings. The zero-order valence-electron chi connectivity index (χ0n) is 23.5. The minimum atomic E-state index is -0.939. The number of nitrogens with zero attached hydrogens (tertiary/aromatic N) is 5. The molecule has 12 nitrogen and oxygen atoms in total. The third-order valence-corrected chi connectivity index (χ3v) is 7.11. The number of carbonyl (C=O) groups excluding carboxylic acids is 1. The van der Waals surface area contributed by atoms with Crippen LogP contribution in [-0.2, 0) is 31.0 Å². The van der Waals surface area contributed by atoms with Crippen molar-refractivity contribution in [2.75, 3.05) is 0 Å². The van der Waals surface area contributed by atoms with Crippen molar-refractivity contribution in [3.05, 3.63) is 122 Å². The molecular formula is C30H32ClN7O5. The number of benzene rings is 3. The predicted molar refractivity (Wildman–Crippen MR) is 162 cm³/mol. The average Bonchev–Trinajstić information content (AvgIpc) is 3.32. The molecule has 0 unspecified atom stereocenters. The van der Waals surface area contributed by atoms with Gasteiger partial charge >= 0.3 is 0 Å². The third kappa shape index (κ3) is 7.55. The topological polar surface area (TPSA) is 175 Å². The summed E-state index contributed by atoms with van der Waals surface area (Å²) in [4.78, 5) is 32.5. The smallest absolute Gasteiger partial charge is 0.294 e. The molecular weight excluding hydrogens is 574 g/mol. The number of hydrogen-bond donors (Lipinski definition) is 3. The van der Waals surface area contributed by atoms with Crippen LogP contribution >= 0.6 is 11.6 Å². The molecule has 4 aromatic rings. The Kier molecular flexibility index (Phi) is 10.4. The zero-order valence-corrected chi connectivity index (χ0v) is 24.3. The number of halogens is 1. The van der Waals surface area contributed by atoms with Gasteiger partial charge in [0.25, 0.3) is 11.0 Å². The summed E-state index contributed by atoms with van der Waals surface area (Å²) in [6.45, 7) is 1.98. The molecule has 1 aromatic heterocycles. The number of amidine groups is 1. The number of aromatic nitrogens is 2. The lowest BCUT2D eigenvalue weighted by molar-refractivity contribution is -0.763. The summed E-state index contributed by atoms with van der Waals surface area (Å²) >= 11 is 6.29. The summed E-state index contributed by atoms with van der Waals surface area (Å²) in [7, 11) is 0. The second-order valence-electron chi connectivity index (χ2n) is 9.65. The Balaban J connectivity index is 1.56. The lowest BCUT2D eigenvalue weighted by atomic mass is 9.98. The van der Waals surface area contributed by atoms with Gasteiger partial charge in [-0.05, 0) is 34.7 Å². The van der Waals surface area contributed by atoms with E-state index in [9.17, 15) is 20.0 Å². The molecule has 5 N–H and O–H groups in total. The Morgan fingerprint density at radius 1 is 1.12 bits per heavy atom. The maximum atomic E-state index is 13.0. The van der Waals surface area contributed by atoms with E-state index in [-0.39, 0.29) is 23.6 Å². The van der Waals surface area contributed by atoms with Crippen LogP contribution in [0, 0.1) is 10.1 Å². The molecule has 0 atom stereocenters. The van der Waals surface area contributed by atoms with Crippen LogP contribution in [0.1, 0.15) is 58.3 Å². The first-order valence-electron chi connectivity index (χ1n) is 13.5. The number of nitrogens with two attached hydrogens (primary N) is 2. The number of imidazole rings is 1. The van der Waals surface area contributed by atoms with Crippen LogP contribution < -0.4 is 11.6 Å². The van der Waals surface area contributed by atoms with E-state index in [1.807, 2.05) is 41.0 Å². The Hall–Kier alpha value is -4.78. The number of amides is 1. The maximum absolute atomic E-state index is 13.0. The lowest BCUT2D eigenvalue weighted by Gasteiger charge is -2.16. The Morgan fingerprint density at radius 2 is 1.79 bits per heavy atom. The minimum Gasteiger partial charge on any atom is -0.390 e. The van der Waals surface area contributed by atoms with E-state index in [0.717, 1.165) is 41.8 Å². The predicted octanol–water partition coefficient (Wildman–Crippen LogP) is 4.43. The maximum Gasteiger partial charge on any atom is 0.294 e. The highest BCUT2D eigenvalue weighted by molar-refractivity contribution is 6.30. The largest absolute Gasteiger partial charge is 0.390 e. The number of aryl methyl sites for hydroxylation is 1. The van der Waals surface area contributed by atoms with Gasteiger partial charge in [0.15, 0.2) is 11.0 Å². The Bertz CT molecular complexity index is 1620. The normalized spacial score (nSPS) is 11.4. The van der Waals surface area contributed by atoms with E-state index >= 15 is 0 Å². The highest BCUT2D eigenvalue weighted by Gasteiger charge is 2.19. The number of aliphatic hydroxyl groups is 1. The van der Waals surface area contributed by atoms with Crippen molar-refractivity contribution in [1.29, 1.82) is 0 Å². The molecule has 224 valence electrons. The van der Waals surface area contributed by atoms with Crippen molar-refractivity contribution in [1.82, 2.24) is 14.7 Å². The molecule has 0 spiro atoms. The fourth-order valence-electron chi connectivity index (χ4n) is 4.61. The molecule has 0 saturated carbocycles. The highest BCUT2D eigenvalue weighted by Crippen LogP contribution is 2.26. The quantitative estimate of drug-likeness (QED) is 0.0500. The highest BCUT2D eigenvalue weighted by atomic mass is 35.5. The van der Waals surface area contributed by atoms with Gasteiger partial charge in [-0.2, -0.15) is 5.12 Å². The van der Waals surface area contributed by atoms with Crippen molar-refractivity contribution in [3.63, 3.8) is 0 Å². The van der Waals surface area contributed by atoms with Gasteiger partial charge in [-0.25, -0.2) is 10.8 Å². The summed E-state index contributed by atoms with van der Waals surface area (Å²) in [5.74, 6) is 6.09. The van der Waals surface area contributed by atoms with Crippen LogP contribution in [0.3, 0.4) is 0 Å². The van der Waals surface area contributed by atoms with Crippen LogP contribution in [0.5, 0.6) is 0 Å². The first-order chi connectivity index (χ1) is 20.7. The number of hydrazine groups is 1. The van der Waals surface area contributed by atoms with E-state index < -0.39 is 17.6 Å². The number of hydrogen-bond acceptors (Lipinski definition) is 8. The molecule has 0 aliphatic rings. The van der Waals surface area contributed by atoms with Crippen LogP contribution in [0.15, 0.2) is 77.9 Å². The molecule has 1 heterocycles. The van der Waals surface area contributed by atoms with Gasteiger partial charge in [0.2, 0.25) is 0 Å². The molecule has 0 bridgehead atoms. The van der Waals surface area contributed by atoms with Crippen LogP contribution in [0.2, 0.25) is 5.15 Å². The third-order valence-electron chi connectivity index (χ3n) is 6.81. The first kappa shape index (κ1) is 31.2. The lowest BCUT2D eigenvalue weighted by Crippen LogP contribution is -2.36. The van der Waals surface area contributed by atoms with Crippen LogP contribution in [0.25, 0.3) is 11.1 Å². The Morgan fingerprint density at radius 3 is 2.47 bits per heavy atom. The van der Waals surface area contributed by atoms with Crippen molar-refractivity contribution in [2.45, 2.75) is 45.9 Å². The van der Waals surface area contributed by atoms with Crippen molar-refractivity contribution in [2.24, 2.45) is 16.7 Å². The van der Waals surface area contributed by atoms with E-state index in [1.165, 1.54) is 12.1 Å². The van der Waals surface area contributed by atoms with Crippen LogP contribution in [-0.4, -0.2) is 36.6 Å². The summed E-state index contributed by atoms with van der Waals surface area (Å²) in [5, 5.41) is 24.6. The van der Waals surface area contributed by atoms with Gasteiger partial charge in [0.1, 0.15) is 12.4 Å². The van der Waals surface area contributed by atoms with Crippen molar-refractivity contribution in [3.8, 4) is 11.1 Å². The molecule has 4 rings (SSSR count). The van der Waals surface area contributed by atoms with Crippen molar-refractivity contribution < 1.29 is 19.8 Å². The van der Waals surface area contributed by atoms with Gasteiger partial charge in [-0.15, -0.1) is 15.2 Å². The van der Waals surface area contributed by atoms with Gasteiger partial charge in [0, 0.05) is 24.1 Å². The minimum absolute atomic E-state index is 0.00393. The summed E-state index contributed by atoms with van der Waals surface area (Å²) in [6, 6.07) is 21.3. The molecule has 1 amide bonds. The monoisotopic (exact) mass is 605 g/mol. The second kappa shape index (κ2) is 14.4. The molecule has 43 heavy (non-hydrogen) atoms. The zero-order chi connectivity index (χ0) is 30.9. The van der Waals surface area contributed by atoms with E-state index in [0.29, 0.717) is 28.1 Å². The SMILES string of the molecule is CCCCc1nc(Cl)c(CO)n1Cc1ccc(-c2ccccc2/C(N)=N/N(N)C(=O)c2ccccc2CO[N+](=O)[O-])cc1. The number of unbranched alkanes of at least 4 members (excludes halogenated alkanes) is 1. The molecule has 3 aromatic carbocycles. The molecule has 0 aliphatic heterocycles. The average molecular weight is 606 g/mol. The summed E-state index contributed by atoms with van der Waals surface area (Å²) < 4.78 is 1.96. The standard InChI is InChI=1S/C30H32ClN7O5/c1-2-3-12-27-34-28(31)26(18-39)36(27)17-20-13-15-21(16-14-20)23-9-6-7-11-25(23)29(32)35-37(33)30(40)24-10-5-4-8-22(24)19-43-38(41)42/h4-11,13-16,39H,2-3,12,17-19,33H2,1H3,(H2,32,35). The van der Waals surface area contributed by atoms with Crippen LogP contribution in [0.4, 0.5) is 0 Å². The number of carbonyl (C=O) groups is 1. The van der Waals surface area contributed by atoms with Crippen molar-refractivity contribution >= 4 is 23.3 Å². The Labute approximate surface area is 253 Å². The van der Waals surface area contributed by atoms with E-state index in [2.05, 4.69) is 21.8 Å². The molecule has 13 heteroatoms. The molecule has 0 saturated heterocycles. The summed E-state index contributed by atoms with van der Waals surface area (Å²) in [6.07, 6.45) is 2.74. The first-order valence-corrected chi connectivity index (χ1v) is 13.9. The fourth-order valence-corrected chi connectivity index (χ4v) is 4.87. The van der Waals surface area contributed by atoms with Gasteiger partial charge in [-0.1, -0.05) is 91.7 Å². The number of rotatable bonds is 13. The van der Waals surface area contributed by atoms with E-state index in [1.54, 1.807) is 24.3 Å². The molecule has 0 radical (unpaired) electrons. The van der Waals surface area contributed by atoms with E-state index in [4.69, 9.17) is 23.2 Å².